The van der Waals surface area contributed by atoms with Crippen LogP contribution in [0.25, 0.3) is 0 Å². The third kappa shape index (κ3) is 6.38. The summed E-state index contributed by atoms with van der Waals surface area (Å²) in [5.74, 6) is 5.40. The molecular weight excluding hydrogens is 805 g/mol. The maximum Gasteiger partial charge on any atom is 0.229 e. The van der Waals surface area contributed by atoms with E-state index < -0.39 is 0 Å². The summed E-state index contributed by atoms with van der Waals surface area (Å²) in [6, 6.07) is 7.22. The Morgan fingerprint density at radius 3 is 1.59 bits per heavy atom. The minimum Gasteiger partial charge on any atom is -0.504 e. The van der Waals surface area contributed by atoms with Crippen LogP contribution in [0.2, 0.25) is 0 Å². The lowest BCUT2D eigenvalue weighted by molar-refractivity contribution is -0.132. The monoisotopic (exact) mass is 870 g/mol. The van der Waals surface area contributed by atoms with Gasteiger partial charge in [0.05, 0.1) is 0 Å². The topological polar surface area (TPSA) is 166 Å². The van der Waals surface area contributed by atoms with Gasteiger partial charge < -0.3 is 20.4 Å². The summed E-state index contributed by atoms with van der Waals surface area (Å²) in [6.07, 6.45) is 19.1. The largest absolute Gasteiger partial charge is 0.504 e. The zero-order chi connectivity index (χ0) is 45.2. The first kappa shape index (κ1) is 43.4. The number of ketones is 5. The summed E-state index contributed by atoms with van der Waals surface area (Å²) < 4.78 is 0. The van der Waals surface area contributed by atoms with E-state index in [2.05, 4.69) is 27.7 Å². The molecule has 6 saturated carbocycles. The number of rotatable bonds is 0. The van der Waals surface area contributed by atoms with Crippen molar-refractivity contribution in [2.45, 2.75) is 155 Å². The maximum absolute atomic E-state index is 12.4. The van der Waals surface area contributed by atoms with Gasteiger partial charge in [0.25, 0.3) is 0 Å². The minimum absolute atomic E-state index is 0.0103. The van der Waals surface area contributed by atoms with E-state index in [1.165, 1.54) is 17.2 Å². The molecule has 12 rings (SSSR count). The van der Waals surface area contributed by atoms with E-state index in [4.69, 9.17) is 0 Å². The van der Waals surface area contributed by atoms with E-state index >= 15 is 0 Å². The summed E-state index contributed by atoms with van der Waals surface area (Å²) in [6.45, 7) is 8.64. The van der Waals surface area contributed by atoms with Crippen molar-refractivity contribution < 1.29 is 44.4 Å². The highest BCUT2D eigenvalue weighted by Crippen LogP contribution is 2.64. The van der Waals surface area contributed by atoms with Crippen LogP contribution in [0.4, 0.5) is 0 Å². The Morgan fingerprint density at radius 2 is 1.00 bits per heavy atom. The van der Waals surface area contributed by atoms with Gasteiger partial charge in [-0.15, -0.1) is 0 Å². The highest BCUT2D eigenvalue weighted by molar-refractivity contribution is 6.48. The average molecular weight is 871 g/mol. The van der Waals surface area contributed by atoms with E-state index in [9.17, 15) is 44.4 Å². The number of carbonyl (C=O) groups is 5. The molecule has 0 bridgehead atoms. The van der Waals surface area contributed by atoms with Crippen LogP contribution in [0.1, 0.15) is 170 Å². The predicted octanol–water partition coefficient (Wildman–Crippen LogP) is 10.4. The van der Waals surface area contributed by atoms with Crippen LogP contribution in [0.5, 0.6) is 23.0 Å². The molecule has 0 aliphatic heterocycles. The van der Waals surface area contributed by atoms with E-state index in [1.807, 2.05) is 18.2 Å². The van der Waals surface area contributed by atoms with Gasteiger partial charge in [-0.25, -0.2) is 0 Å². The van der Waals surface area contributed by atoms with Crippen LogP contribution in [-0.4, -0.2) is 49.3 Å². The summed E-state index contributed by atoms with van der Waals surface area (Å²) in [5.41, 5.74) is 5.82. The number of hydrogen-bond acceptors (Lipinski definition) is 9. The number of benzene rings is 2. The number of carbonyl (C=O) groups excluding carboxylic acids is 5. The van der Waals surface area contributed by atoms with Crippen molar-refractivity contribution in [3.63, 3.8) is 0 Å². The van der Waals surface area contributed by atoms with Gasteiger partial charge in [-0.05, 0) is 184 Å². The number of Topliss-reactive ketones (excluding diaryl/α,β-unsaturated/α-hetero) is 4. The van der Waals surface area contributed by atoms with Crippen molar-refractivity contribution in [2.24, 2.45) is 57.7 Å². The third-order valence-electron chi connectivity index (χ3n) is 20.0. The molecule has 10 aliphatic carbocycles. The standard InChI is InChI=1S/C19H24O3.C18H22O3.C18H20O3/c1-10-9-13-11(12-3-5-15(20)18(22)17(10)12)7-8-19(2)14(13)4-6-16(19)21;2*1-18-9-8-11-10-4-6-15(19)17(21)13(10)3-2-12(11)14(18)5-7-16(18)20/h3,5,10-11,13-14,20,22H,4,6-9H2,1-2H3;4,6,11-12,14,19,21H,2-3,5,7-9H2,1H3;4,6,11-12,14H,2-3,5,7-9H2,1H3. The highest BCUT2D eigenvalue weighted by Gasteiger charge is 2.58. The fraction of sp³-hybridized carbons (Fsp3) is 0.618. The molecule has 340 valence electrons. The average Bonchev–Trinajstić information content (AvgIpc) is 3.89. The summed E-state index contributed by atoms with van der Waals surface area (Å²) in [5, 5.41) is 39.9. The first-order valence-corrected chi connectivity index (χ1v) is 24.7. The quantitative estimate of drug-likeness (QED) is 0.114. The van der Waals surface area contributed by atoms with Crippen molar-refractivity contribution in [3.8, 4) is 23.0 Å². The van der Waals surface area contributed by atoms with E-state index in [-0.39, 0.29) is 56.7 Å². The van der Waals surface area contributed by atoms with E-state index in [0.29, 0.717) is 77.0 Å². The zero-order valence-corrected chi connectivity index (χ0v) is 38.1. The molecule has 0 heterocycles. The van der Waals surface area contributed by atoms with Crippen LogP contribution in [-0.2, 0) is 30.4 Å². The molecule has 13 unspecified atom stereocenters. The summed E-state index contributed by atoms with van der Waals surface area (Å²) in [4.78, 5) is 60.5. The first-order chi connectivity index (χ1) is 30.5. The Labute approximate surface area is 377 Å². The molecule has 6 fully saturated rings. The molecule has 9 nitrogen and oxygen atoms in total. The van der Waals surface area contributed by atoms with Crippen molar-refractivity contribution in [1.82, 2.24) is 0 Å². The molecule has 0 saturated heterocycles. The van der Waals surface area contributed by atoms with E-state index in [1.54, 1.807) is 12.1 Å². The maximum atomic E-state index is 12.4. The van der Waals surface area contributed by atoms with Crippen LogP contribution >= 0.6 is 0 Å². The second-order valence-corrected chi connectivity index (χ2v) is 22.5. The van der Waals surface area contributed by atoms with Gasteiger partial charge in [-0.1, -0.05) is 45.9 Å². The van der Waals surface area contributed by atoms with Gasteiger partial charge >= 0.3 is 0 Å². The third-order valence-corrected chi connectivity index (χ3v) is 20.0. The van der Waals surface area contributed by atoms with Crippen molar-refractivity contribution in [2.75, 3.05) is 0 Å². The molecule has 64 heavy (non-hydrogen) atoms. The van der Waals surface area contributed by atoms with Crippen molar-refractivity contribution in [3.05, 3.63) is 69.8 Å². The van der Waals surface area contributed by atoms with E-state index in [0.717, 1.165) is 125 Å². The Hall–Kier alpha value is -4.53. The Morgan fingerprint density at radius 1 is 0.516 bits per heavy atom. The smallest absolute Gasteiger partial charge is 0.229 e. The zero-order valence-electron chi connectivity index (χ0n) is 38.1. The Bertz CT molecular complexity index is 2420. The van der Waals surface area contributed by atoms with Crippen molar-refractivity contribution >= 4 is 28.9 Å². The molecule has 0 spiro atoms. The Kier molecular flexibility index (Phi) is 10.5. The second kappa shape index (κ2) is 15.5. The van der Waals surface area contributed by atoms with Crippen LogP contribution < -0.4 is 0 Å². The second-order valence-electron chi connectivity index (χ2n) is 22.5. The Balaban J connectivity index is 0.000000114. The predicted molar refractivity (Wildman–Crippen MR) is 241 cm³/mol. The van der Waals surface area contributed by atoms with Gasteiger partial charge in [0.1, 0.15) is 17.3 Å². The normalized spacial score (nSPS) is 39.9. The number of hydrogen-bond donors (Lipinski definition) is 4. The highest BCUT2D eigenvalue weighted by atomic mass is 16.3. The number of phenols is 4. The molecule has 4 N–H and O–H groups in total. The van der Waals surface area contributed by atoms with Crippen LogP contribution in [0, 0.1) is 57.7 Å². The molecule has 2 aromatic carbocycles. The molecule has 13 atom stereocenters. The number of fused-ring (bicyclic) bond motifs is 14. The van der Waals surface area contributed by atoms with Crippen LogP contribution in [0.15, 0.2) is 47.6 Å². The first-order valence-electron chi connectivity index (χ1n) is 24.7. The molecule has 0 aromatic heterocycles. The minimum atomic E-state index is -0.371. The molecule has 9 heteroatoms. The van der Waals surface area contributed by atoms with Gasteiger partial charge in [0.15, 0.2) is 23.0 Å². The molecule has 0 amide bonds. The van der Waals surface area contributed by atoms with Gasteiger partial charge in [0.2, 0.25) is 11.6 Å². The lowest BCUT2D eigenvalue weighted by Crippen LogP contribution is -2.44. The fourth-order valence-electron chi connectivity index (χ4n) is 16.5. The molecule has 0 radical (unpaired) electrons. The lowest BCUT2D eigenvalue weighted by atomic mass is 9.54. The van der Waals surface area contributed by atoms with Gasteiger partial charge in [-0.3, -0.25) is 24.0 Å². The molecule has 2 aromatic rings. The lowest BCUT2D eigenvalue weighted by Gasteiger charge is -2.49. The SMILES string of the molecule is CC12CCC3C4=C(CCC3C1CCC2=O)C(=O)C(=O)C=C4.CC12CCC3c4ccc(O)c(O)c4CCC3C1CCC2=O.CC1CC2C(CCC3(C)C(=O)CCC23)c2ccc(O)c(O)c21. The number of phenolic OH excluding ortho intramolecular Hbond substituents is 4. The van der Waals surface area contributed by atoms with Gasteiger partial charge in [-0.2, -0.15) is 0 Å². The summed E-state index contributed by atoms with van der Waals surface area (Å²) in [7, 11) is 0. The number of aromatic hydroxyl groups is 4. The summed E-state index contributed by atoms with van der Waals surface area (Å²) >= 11 is 0. The number of allylic oxidation sites excluding steroid dienone is 4. The van der Waals surface area contributed by atoms with Gasteiger partial charge in [0, 0.05) is 52.2 Å². The molecular formula is C55H66O9. The van der Waals surface area contributed by atoms with Crippen LogP contribution in [0.3, 0.4) is 0 Å². The fourth-order valence-corrected chi connectivity index (χ4v) is 16.5. The molecule has 10 aliphatic rings. The van der Waals surface area contributed by atoms with Crippen molar-refractivity contribution in [1.29, 1.82) is 0 Å².